The van der Waals surface area contributed by atoms with Crippen LogP contribution in [0.15, 0.2) is 23.2 Å². The molecule has 2 heterocycles. The summed E-state index contributed by atoms with van der Waals surface area (Å²) >= 11 is 1.98. The number of anilines is 1. The van der Waals surface area contributed by atoms with E-state index in [2.05, 4.69) is 22.5 Å². The Morgan fingerprint density at radius 2 is 2.15 bits per heavy atom. The number of rotatable bonds is 5. The number of aliphatic hydroxyl groups excluding tert-OH is 1. The van der Waals surface area contributed by atoms with E-state index in [0.29, 0.717) is 44.2 Å². The molecule has 2 aliphatic rings. The minimum Gasteiger partial charge on any atom is -0.393 e. The molecule has 2 saturated heterocycles. The van der Waals surface area contributed by atoms with Gasteiger partial charge in [0, 0.05) is 31.4 Å². The minimum absolute atomic E-state index is 0.208. The average molecular weight is 395 g/mol. The normalized spacial score (nSPS) is 22.0. The summed E-state index contributed by atoms with van der Waals surface area (Å²) < 4.78 is 14.6. The Morgan fingerprint density at radius 3 is 2.81 bits per heavy atom. The molecular formula is C20H31FN4OS. The third-order valence-electron chi connectivity index (χ3n) is 5.08. The molecule has 0 spiro atoms. The first kappa shape index (κ1) is 20.3. The van der Waals surface area contributed by atoms with E-state index in [4.69, 9.17) is 0 Å². The highest BCUT2D eigenvalue weighted by Gasteiger charge is 2.20. The van der Waals surface area contributed by atoms with E-state index in [1.165, 1.54) is 18.6 Å². The highest BCUT2D eigenvalue weighted by Crippen LogP contribution is 2.24. The van der Waals surface area contributed by atoms with Crippen molar-refractivity contribution in [2.75, 3.05) is 36.0 Å². The summed E-state index contributed by atoms with van der Waals surface area (Å²) in [7, 11) is 0. The van der Waals surface area contributed by atoms with Crippen LogP contribution in [0.5, 0.6) is 0 Å². The van der Waals surface area contributed by atoms with Crippen molar-refractivity contribution in [3.05, 3.63) is 29.6 Å². The Kier molecular flexibility index (Phi) is 7.64. The monoisotopic (exact) mass is 394 g/mol. The van der Waals surface area contributed by atoms with E-state index in [0.717, 1.165) is 23.8 Å². The summed E-state index contributed by atoms with van der Waals surface area (Å²) in [4.78, 5) is 6.66. The van der Waals surface area contributed by atoms with Crippen molar-refractivity contribution in [2.24, 2.45) is 4.99 Å². The predicted molar refractivity (Wildman–Crippen MR) is 112 cm³/mol. The van der Waals surface area contributed by atoms with Gasteiger partial charge < -0.3 is 20.6 Å². The number of aliphatic imine (C=N–C) groups is 1. The Balaban J connectivity index is 1.61. The molecule has 0 saturated carbocycles. The molecule has 3 N–H and O–H groups in total. The zero-order chi connectivity index (χ0) is 19.1. The second-order valence-electron chi connectivity index (χ2n) is 7.26. The summed E-state index contributed by atoms with van der Waals surface area (Å²) in [6.07, 6.45) is 3.55. The number of nitrogens with zero attached hydrogens (tertiary/aromatic N) is 2. The smallest absolute Gasteiger partial charge is 0.191 e. The molecular weight excluding hydrogens is 363 g/mol. The standard InChI is InChI=1S/C20H31FN4OS/c1-2-22-20(24-16-4-3-11-27-14-16)23-13-15-5-6-19(18(21)12-15)25-9-7-17(26)8-10-25/h5-6,12,16-17,26H,2-4,7-11,13-14H2,1H3,(H2,22,23,24). The van der Waals surface area contributed by atoms with Gasteiger partial charge >= 0.3 is 0 Å². The van der Waals surface area contributed by atoms with Crippen LogP contribution in [0.25, 0.3) is 0 Å². The van der Waals surface area contributed by atoms with Crippen LogP contribution < -0.4 is 15.5 Å². The second kappa shape index (κ2) is 10.2. The van der Waals surface area contributed by atoms with Crippen molar-refractivity contribution in [2.45, 2.75) is 51.3 Å². The molecule has 2 aliphatic heterocycles. The number of piperidine rings is 1. The zero-order valence-corrected chi connectivity index (χ0v) is 16.9. The Labute approximate surface area is 165 Å². The van der Waals surface area contributed by atoms with Gasteiger partial charge in [-0.3, -0.25) is 0 Å². The van der Waals surface area contributed by atoms with Gasteiger partial charge in [-0.25, -0.2) is 9.38 Å². The van der Waals surface area contributed by atoms with Crippen molar-refractivity contribution in [1.82, 2.24) is 10.6 Å². The average Bonchev–Trinajstić information content (AvgIpc) is 2.68. The lowest BCUT2D eigenvalue weighted by molar-refractivity contribution is 0.145. The van der Waals surface area contributed by atoms with Gasteiger partial charge in [-0.15, -0.1) is 0 Å². The Hall–Kier alpha value is -1.47. The van der Waals surface area contributed by atoms with Gasteiger partial charge in [-0.1, -0.05) is 6.07 Å². The first-order chi connectivity index (χ1) is 13.2. The van der Waals surface area contributed by atoms with Crippen LogP contribution >= 0.6 is 11.8 Å². The third-order valence-corrected chi connectivity index (χ3v) is 6.30. The van der Waals surface area contributed by atoms with Crippen molar-refractivity contribution in [3.63, 3.8) is 0 Å². The molecule has 7 heteroatoms. The van der Waals surface area contributed by atoms with Crippen LogP contribution in [0.4, 0.5) is 10.1 Å². The van der Waals surface area contributed by atoms with Crippen molar-refractivity contribution in [3.8, 4) is 0 Å². The number of hydrogen-bond donors (Lipinski definition) is 3. The van der Waals surface area contributed by atoms with Gasteiger partial charge in [0.05, 0.1) is 18.3 Å². The maximum Gasteiger partial charge on any atom is 0.191 e. The fourth-order valence-corrected chi connectivity index (χ4v) is 4.62. The van der Waals surface area contributed by atoms with E-state index in [9.17, 15) is 9.50 Å². The minimum atomic E-state index is -0.252. The lowest BCUT2D eigenvalue weighted by Crippen LogP contribution is -2.45. The summed E-state index contributed by atoms with van der Waals surface area (Å²) in [5.41, 5.74) is 1.49. The second-order valence-corrected chi connectivity index (χ2v) is 8.41. The molecule has 0 radical (unpaired) electrons. The molecule has 1 atom stereocenters. The number of halogens is 1. The molecule has 1 aromatic rings. The summed E-state index contributed by atoms with van der Waals surface area (Å²) in [6.45, 7) is 4.70. The maximum absolute atomic E-state index is 14.6. The molecule has 0 aromatic heterocycles. The summed E-state index contributed by atoms with van der Waals surface area (Å²) in [5, 5.41) is 16.4. The Bertz CT molecular complexity index is 628. The van der Waals surface area contributed by atoms with Crippen LogP contribution in [0, 0.1) is 5.82 Å². The Morgan fingerprint density at radius 1 is 1.33 bits per heavy atom. The van der Waals surface area contributed by atoms with Crippen molar-refractivity contribution >= 4 is 23.4 Å². The number of guanidine groups is 1. The molecule has 2 fully saturated rings. The summed E-state index contributed by atoms with van der Waals surface area (Å²) in [5.74, 6) is 2.95. The molecule has 3 rings (SSSR count). The van der Waals surface area contributed by atoms with E-state index >= 15 is 0 Å². The number of aliphatic hydroxyl groups is 1. The molecule has 0 amide bonds. The van der Waals surface area contributed by atoms with E-state index in [-0.39, 0.29) is 11.9 Å². The summed E-state index contributed by atoms with van der Waals surface area (Å²) in [6, 6.07) is 5.84. The predicted octanol–water partition coefficient (Wildman–Crippen LogP) is 2.74. The largest absolute Gasteiger partial charge is 0.393 e. The van der Waals surface area contributed by atoms with Crippen LogP contribution in [-0.4, -0.2) is 54.4 Å². The van der Waals surface area contributed by atoms with Crippen LogP contribution in [0.3, 0.4) is 0 Å². The quantitative estimate of drug-likeness (QED) is 0.530. The van der Waals surface area contributed by atoms with Gasteiger partial charge in [0.2, 0.25) is 0 Å². The zero-order valence-electron chi connectivity index (χ0n) is 16.1. The van der Waals surface area contributed by atoms with Gasteiger partial charge in [-0.2, -0.15) is 11.8 Å². The lowest BCUT2D eigenvalue weighted by Gasteiger charge is -2.31. The topological polar surface area (TPSA) is 59.9 Å². The fraction of sp³-hybridized carbons (Fsp3) is 0.650. The molecule has 0 aliphatic carbocycles. The highest BCUT2D eigenvalue weighted by atomic mass is 32.2. The van der Waals surface area contributed by atoms with E-state index in [1.54, 1.807) is 6.07 Å². The highest BCUT2D eigenvalue weighted by molar-refractivity contribution is 7.99. The van der Waals surface area contributed by atoms with E-state index < -0.39 is 0 Å². The van der Waals surface area contributed by atoms with Crippen molar-refractivity contribution in [1.29, 1.82) is 0 Å². The SMILES string of the molecule is CCNC(=NCc1ccc(N2CCC(O)CC2)c(F)c1)NC1CCCSC1. The number of hydrogen-bond acceptors (Lipinski definition) is 4. The fourth-order valence-electron chi connectivity index (χ4n) is 3.55. The van der Waals surface area contributed by atoms with Gasteiger partial charge in [-0.05, 0) is 56.1 Å². The third kappa shape index (κ3) is 6.01. The molecule has 150 valence electrons. The number of benzene rings is 1. The number of thioether (sulfide) groups is 1. The molecule has 0 bridgehead atoms. The molecule has 1 aromatic carbocycles. The maximum atomic E-state index is 14.6. The van der Waals surface area contributed by atoms with Gasteiger partial charge in [0.1, 0.15) is 5.82 Å². The van der Waals surface area contributed by atoms with E-state index in [1.807, 2.05) is 28.8 Å². The van der Waals surface area contributed by atoms with Crippen LogP contribution in [0.1, 0.15) is 38.2 Å². The molecule has 1 unspecified atom stereocenters. The lowest BCUT2D eigenvalue weighted by atomic mass is 10.1. The molecule has 27 heavy (non-hydrogen) atoms. The van der Waals surface area contributed by atoms with Gasteiger partial charge in [0.25, 0.3) is 0 Å². The number of nitrogens with one attached hydrogen (secondary N) is 2. The van der Waals surface area contributed by atoms with Crippen LogP contribution in [-0.2, 0) is 6.54 Å². The first-order valence-corrected chi connectivity index (χ1v) is 11.1. The van der Waals surface area contributed by atoms with Crippen LogP contribution in [0.2, 0.25) is 0 Å². The van der Waals surface area contributed by atoms with Crippen molar-refractivity contribution < 1.29 is 9.50 Å². The first-order valence-electron chi connectivity index (χ1n) is 9.99. The van der Waals surface area contributed by atoms with Gasteiger partial charge in [0.15, 0.2) is 5.96 Å². The molecule has 5 nitrogen and oxygen atoms in total.